The lowest BCUT2D eigenvalue weighted by Crippen LogP contribution is -2.14. The van der Waals surface area contributed by atoms with Crippen molar-refractivity contribution in [1.82, 2.24) is 0 Å². The highest BCUT2D eigenvalue weighted by Gasteiger charge is 2.02. The van der Waals surface area contributed by atoms with Gasteiger partial charge < -0.3 is 5.73 Å². The number of hydrogen-bond acceptors (Lipinski definition) is 4. The summed E-state index contributed by atoms with van der Waals surface area (Å²) in [5, 5.41) is 6.05. The van der Waals surface area contributed by atoms with E-state index in [1.54, 1.807) is 19.1 Å². The Hall–Kier alpha value is -1.40. The Kier molecular flexibility index (Phi) is 4.94. The van der Waals surface area contributed by atoms with Crippen molar-refractivity contribution in [2.24, 2.45) is 10.9 Å². The summed E-state index contributed by atoms with van der Waals surface area (Å²) in [7, 11) is 0. The quantitative estimate of drug-likeness (QED) is 0.508. The lowest BCUT2D eigenvalue weighted by atomic mass is 10.3. The van der Waals surface area contributed by atoms with Crippen LogP contribution >= 0.6 is 15.9 Å². The molecule has 0 aromatic heterocycles. The van der Waals surface area contributed by atoms with Gasteiger partial charge in [-0.15, -0.1) is 0 Å². The zero-order chi connectivity index (χ0) is 12.0. The number of nitrogens with zero attached hydrogens (tertiary/aromatic N) is 1. The molecule has 6 heteroatoms. The van der Waals surface area contributed by atoms with E-state index < -0.39 is 6.09 Å². The predicted octanol–water partition coefficient (Wildman–Crippen LogP) is 2.33. The van der Waals surface area contributed by atoms with Crippen molar-refractivity contribution < 1.29 is 9.63 Å². The summed E-state index contributed by atoms with van der Waals surface area (Å²) in [6.07, 6.45) is -0.643. The van der Waals surface area contributed by atoms with Gasteiger partial charge in [0.2, 0.25) is 0 Å². The SMILES string of the molecule is C/C(CN)=N\OC(=O)Nc1ccc(Br)cc1. The number of anilines is 1. The van der Waals surface area contributed by atoms with E-state index in [-0.39, 0.29) is 6.54 Å². The fraction of sp³-hybridized carbons (Fsp3) is 0.200. The number of oxime groups is 1. The van der Waals surface area contributed by atoms with Crippen molar-refractivity contribution in [3.63, 3.8) is 0 Å². The molecule has 0 spiro atoms. The maximum Gasteiger partial charge on any atom is 0.437 e. The van der Waals surface area contributed by atoms with Crippen molar-refractivity contribution in [3.05, 3.63) is 28.7 Å². The van der Waals surface area contributed by atoms with Gasteiger partial charge in [0.05, 0.1) is 5.71 Å². The minimum absolute atomic E-state index is 0.256. The van der Waals surface area contributed by atoms with Crippen LogP contribution in [0.25, 0.3) is 0 Å². The van der Waals surface area contributed by atoms with Gasteiger partial charge >= 0.3 is 6.09 Å². The highest BCUT2D eigenvalue weighted by atomic mass is 79.9. The Morgan fingerprint density at radius 1 is 1.50 bits per heavy atom. The summed E-state index contributed by atoms with van der Waals surface area (Å²) in [6, 6.07) is 7.10. The third kappa shape index (κ3) is 4.41. The smallest absolute Gasteiger partial charge is 0.325 e. The second-order valence-electron chi connectivity index (χ2n) is 3.04. The average molecular weight is 286 g/mol. The topological polar surface area (TPSA) is 76.7 Å². The van der Waals surface area contributed by atoms with Crippen molar-refractivity contribution >= 4 is 33.4 Å². The van der Waals surface area contributed by atoms with Crippen LogP contribution in [0, 0.1) is 0 Å². The Balaban J connectivity index is 2.49. The zero-order valence-electron chi connectivity index (χ0n) is 8.74. The fourth-order valence-corrected chi connectivity index (χ4v) is 1.09. The van der Waals surface area contributed by atoms with Crippen LogP contribution in [0.3, 0.4) is 0 Å². The number of halogens is 1. The third-order valence-electron chi connectivity index (χ3n) is 1.67. The molecule has 3 N–H and O–H groups in total. The summed E-state index contributed by atoms with van der Waals surface area (Å²) < 4.78 is 0.934. The molecule has 0 radical (unpaired) electrons. The van der Waals surface area contributed by atoms with E-state index in [4.69, 9.17) is 5.73 Å². The van der Waals surface area contributed by atoms with Gasteiger partial charge in [-0.25, -0.2) is 4.79 Å². The minimum atomic E-state index is -0.643. The summed E-state index contributed by atoms with van der Waals surface area (Å²) in [4.78, 5) is 15.8. The van der Waals surface area contributed by atoms with Crippen molar-refractivity contribution in [3.8, 4) is 0 Å². The standard InChI is InChI=1S/C10H12BrN3O2/c1-7(6-12)14-16-10(15)13-9-4-2-8(11)3-5-9/h2-5H,6,12H2,1H3,(H,13,15)/b14-7+. The highest BCUT2D eigenvalue weighted by molar-refractivity contribution is 9.10. The molecule has 0 aliphatic rings. The lowest BCUT2D eigenvalue weighted by Gasteiger charge is -2.02. The first-order valence-corrected chi connectivity index (χ1v) is 5.38. The molecule has 0 saturated carbocycles. The molecule has 0 heterocycles. The van der Waals surface area contributed by atoms with Gasteiger partial charge in [0.25, 0.3) is 0 Å². The Morgan fingerprint density at radius 2 is 2.12 bits per heavy atom. The third-order valence-corrected chi connectivity index (χ3v) is 2.20. The molecule has 0 aliphatic heterocycles. The van der Waals surface area contributed by atoms with Gasteiger partial charge in [-0.3, -0.25) is 10.2 Å². The van der Waals surface area contributed by atoms with Crippen LogP contribution in [0.2, 0.25) is 0 Å². The first-order valence-electron chi connectivity index (χ1n) is 4.59. The molecule has 1 amide bonds. The maximum atomic E-state index is 11.2. The van der Waals surface area contributed by atoms with E-state index in [9.17, 15) is 4.79 Å². The van der Waals surface area contributed by atoms with Crippen molar-refractivity contribution in [1.29, 1.82) is 0 Å². The summed E-state index contributed by atoms with van der Waals surface area (Å²) in [5.74, 6) is 0. The monoisotopic (exact) mass is 285 g/mol. The fourth-order valence-electron chi connectivity index (χ4n) is 0.831. The molecule has 1 aromatic carbocycles. The van der Waals surface area contributed by atoms with Crippen LogP contribution in [-0.4, -0.2) is 18.3 Å². The van der Waals surface area contributed by atoms with E-state index in [2.05, 4.69) is 31.2 Å². The number of nitrogens with two attached hydrogens (primary N) is 1. The molecule has 5 nitrogen and oxygen atoms in total. The number of hydrogen-bond donors (Lipinski definition) is 2. The van der Waals surface area contributed by atoms with Crippen molar-refractivity contribution in [2.45, 2.75) is 6.92 Å². The maximum absolute atomic E-state index is 11.2. The number of benzene rings is 1. The molecule has 1 rings (SSSR count). The Morgan fingerprint density at radius 3 is 2.69 bits per heavy atom. The van der Waals surface area contributed by atoms with E-state index in [0.29, 0.717) is 11.4 Å². The Labute approximate surface area is 102 Å². The van der Waals surface area contributed by atoms with Crippen LogP contribution in [0.5, 0.6) is 0 Å². The number of carbonyl (C=O) groups excluding carboxylic acids is 1. The van der Waals surface area contributed by atoms with Gasteiger partial charge in [0.15, 0.2) is 0 Å². The number of nitrogens with one attached hydrogen (secondary N) is 1. The molecular weight excluding hydrogens is 274 g/mol. The first-order chi connectivity index (χ1) is 7.61. The summed E-state index contributed by atoms with van der Waals surface area (Å²) in [5.41, 5.74) is 6.46. The van der Waals surface area contributed by atoms with Gasteiger partial charge in [0, 0.05) is 16.7 Å². The molecule has 0 bridgehead atoms. The second-order valence-corrected chi connectivity index (χ2v) is 3.96. The van der Waals surface area contributed by atoms with E-state index >= 15 is 0 Å². The largest absolute Gasteiger partial charge is 0.437 e. The number of rotatable bonds is 3. The highest BCUT2D eigenvalue weighted by Crippen LogP contribution is 2.14. The summed E-state index contributed by atoms with van der Waals surface area (Å²) >= 11 is 3.29. The van der Waals surface area contributed by atoms with E-state index in [1.165, 1.54) is 0 Å². The summed E-state index contributed by atoms with van der Waals surface area (Å²) in [6.45, 7) is 1.93. The molecule has 0 saturated heterocycles. The molecule has 0 atom stereocenters. The van der Waals surface area contributed by atoms with Crippen LogP contribution in [0.15, 0.2) is 33.9 Å². The van der Waals surface area contributed by atoms with Gasteiger partial charge in [-0.05, 0) is 31.2 Å². The molecule has 0 aliphatic carbocycles. The average Bonchev–Trinajstić information content (AvgIpc) is 2.29. The molecule has 16 heavy (non-hydrogen) atoms. The van der Waals surface area contributed by atoms with E-state index in [0.717, 1.165) is 4.47 Å². The van der Waals surface area contributed by atoms with Crippen LogP contribution in [-0.2, 0) is 4.84 Å². The normalized spacial score (nSPS) is 11.1. The van der Waals surface area contributed by atoms with Gasteiger partial charge in [0.1, 0.15) is 0 Å². The molecule has 86 valence electrons. The van der Waals surface area contributed by atoms with E-state index in [1.807, 2.05) is 12.1 Å². The molecular formula is C10H12BrN3O2. The number of amides is 1. The zero-order valence-corrected chi connectivity index (χ0v) is 10.3. The van der Waals surface area contributed by atoms with Gasteiger partial charge in [-0.2, -0.15) is 0 Å². The number of carbonyl (C=O) groups is 1. The van der Waals surface area contributed by atoms with Crippen LogP contribution < -0.4 is 11.1 Å². The molecule has 1 aromatic rings. The van der Waals surface area contributed by atoms with Crippen LogP contribution in [0.1, 0.15) is 6.92 Å². The van der Waals surface area contributed by atoms with Crippen LogP contribution in [0.4, 0.5) is 10.5 Å². The lowest BCUT2D eigenvalue weighted by molar-refractivity contribution is 0.166. The Bertz CT molecular complexity index is 390. The van der Waals surface area contributed by atoms with Gasteiger partial charge in [-0.1, -0.05) is 21.1 Å². The van der Waals surface area contributed by atoms with Crippen molar-refractivity contribution in [2.75, 3.05) is 11.9 Å². The molecule has 0 unspecified atom stereocenters. The molecule has 0 fully saturated rings. The minimum Gasteiger partial charge on any atom is -0.325 e. The second kappa shape index (κ2) is 6.24. The first kappa shape index (κ1) is 12.7. The predicted molar refractivity (Wildman–Crippen MR) is 66.4 cm³/mol.